The molecule has 0 aromatic heterocycles. The van der Waals surface area contributed by atoms with E-state index in [1.165, 1.54) is 30.9 Å². The van der Waals surface area contributed by atoms with Crippen LogP contribution in [0.3, 0.4) is 0 Å². The smallest absolute Gasteiger partial charge is 0.163 e. The van der Waals surface area contributed by atoms with Crippen LogP contribution in [-0.2, 0) is 6.42 Å². The van der Waals surface area contributed by atoms with Crippen molar-refractivity contribution >= 4 is 11.6 Å². The fourth-order valence-electron chi connectivity index (χ4n) is 4.12. The Balaban J connectivity index is 1.26. The van der Waals surface area contributed by atoms with Gasteiger partial charge in [-0.3, -0.25) is 0 Å². The molecule has 0 amide bonds. The van der Waals surface area contributed by atoms with Gasteiger partial charge in [-0.25, -0.2) is 4.39 Å². The Morgan fingerprint density at radius 1 is 1.21 bits per heavy atom. The predicted octanol–water partition coefficient (Wildman–Crippen LogP) is 3.70. The molecular formula is C22H25ClFNO4. The summed E-state index contributed by atoms with van der Waals surface area (Å²) >= 11 is 6.10. The minimum Gasteiger partial charge on any atom is -0.493 e. The second-order valence-electron chi connectivity index (χ2n) is 7.77. The maximum absolute atomic E-state index is 13.3. The number of likely N-dealkylation sites (tertiary alicyclic amines) is 1. The van der Waals surface area contributed by atoms with Gasteiger partial charge < -0.3 is 24.2 Å². The van der Waals surface area contributed by atoms with Gasteiger partial charge in [-0.2, -0.15) is 0 Å². The third-order valence-corrected chi connectivity index (χ3v) is 5.89. The van der Waals surface area contributed by atoms with Crippen LogP contribution in [0.4, 0.5) is 4.39 Å². The maximum atomic E-state index is 13.3. The molecule has 2 aliphatic heterocycles. The van der Waals surface area contributed by atoms with Crippen LogP contribution in [0.25, 0.3) is 0 Å². The van der Waals surface area contributed by atoms with Crippen molar-refractivity contribution in [2.75, 3.05) is 33.4 Å². The lowest BCUT2D eigenvalue weighted by Crippen LogP contribution is -2.49. The number of benzene rings is 2. The molecule has 1 spiro atoms. The zero-order chi connectivity index (χ0) is 20.4. The average Bonchev–Trinajstić information content (AvgIpc) is 3.05. The molecule has 2 aromatic carbocycles. The first-order chi connectivity index (χ1) is 14.0. The molecule has 1 saturated heterocycles. The zero-order valence-corrected chi connectivity index (χ0v) is 17.1. The summed E-state index contributed by atoms with van der Waals surface area (Å²) in [5.74, 6) is 1.27. The van der Waals surface area contributed by atoms with E-state index < -0.39 is 11.9 Å². The lowest BCUT2D eigenvalue weighted by Gasteiger charge is -2.39. The molecule has 0 bridgehead atoms. The Kier molecular flexibility index (Phi) is 5.86. The molecule has 29 heavy (non-hydrogen) atoms. The van der Waals surface area contributed by atoms with Crippen molar-refractivity contribution < 1.29 is 23.7 Å². The lowest BCUT2D eigenvalue weighted by atomic mass is 9.87. The molecule has 0 radical (unpaired) electrons. The van der Waals surface area contributed by atoms with Crippen molar-refractivity contribution in [3.05, 3.63) is 52.8 Å². The number of halogens is 2. The molecule has 7 heteroatoms. The number of ether oxygens (including phenoxy) is 3. The van der Waals surface area contributed by atoms with Crippen LogP contribution in [0.2, 0.25) is 5.02 Å². The number of rotatable bonds is 6. The zero-order valence-electron chi connectivity index (χ0n) is 16.4. The van der Waals surface area contributed by atoms with Crippen LogP contribution < -0.4 is 14.2 Å². The number of hydrogen-bond acceptors (Lipinski definition) is 5. The maximum Gasteiger partial charge on any atom is 0.163 e. The number of piperidine rings is 1. The molecule has 0 unspecified atom stereocenters. The summed E-state index contributed by atoms with van der Waals surface area (Å²) in [4.78, 5) is 2.22. The second-order valence-corrected chi connectivity index (χ2v) is 8.21. The van der Waals surface area contributed by atoms with E-state index in [4.69, 9.17) is 25.8 Å². The predicted molar refractivity (Wildman–Crippen MR) is 109 cm³/mol. The molecule has 156 valence electrons. The van der Waals surface area contributed by atoms with Gasteiger partial charge >= 0.3 is 0 Å². The van der Waals surface area contributed by atoms with Gasteiger partial charge in [-0.15, -0.1) is 0 Å². The van der Waals surface area contributed by atoms with Gasteiger partial charge in [0.15, 0.2) is 11.5 Å². The first-order valence-electron chi connectivity index (χ1n) is 9.81. The molecule has 2 aliphatic rings. The third kappa shape index (κ3) is 4.60. The van der Waals surface area contributed by atoms with E-state index in [2.05, 4.69) is 4.90 Å². The van der Waals surface area contributed by atoms with Gasteiger partial charge in [0.2, 0.25) is 0 Å². The van der Waals surface area contributed by atoms with E-state index in [0.717, 1.165) is 43.1 Å². The van der Waals surface area contributed by atoms with E-state index in [1.807, 2.05) is 18.2 Å². The van der Waals surface area contributed by atoms with Crippen molar-refractivity contribution in [2.45, 2.75) is 31.0 Å². The van der Waals surface area contributed by atoms with E-state index in [9.17, 15) is 9.50 Å². The van der Waals surface area contributed by atoms with Gasteiger partial charge in [0.25, 0.3) is 0 Å². The fourth-order valence-corrected chi connectivity index (χ4v) is 4.32. The summed E-state index contributed by atoms with van der Waals surface area (Å²) in [5, 5.41) is 11.1. The number of aliphatic hydroxyl groups excluding tert-OH is 1. The van der Waals surface area contributed by atoms with Crippen LogP contribution in [0.15, 0.2) is 36.4 Å². The topological polar surface area (TPSA) is 51.2 Å². The van der Waals surface area contributed by atoms with E-state index in [0.29, 0.717) is 18.0 Å². The first kappa shape index (κ1) is 20.3. The standard InChI is InChI=1S/C22H25ClFNO4/c1-27-21-11-17(24)3-5-20(21)28-14-18(26)13-25-8-6-22(7-9-25)12-15-10-16(23)2-4-19(15)29-22/h2-5,10-11,18,26H,6-9,12-14H2,1H3/t18-/m0/s1. The number of β-amino-alcohol motifs (C(OH)–C–C–N with tert-alkyl or cyclic N) is 1. The molecule has 2 heterocycles. The molecule has 5 nitrogen and oxygen atoms in total. The van der Waals surface area contributed by atoms with Gasteiger partial charge in [0, 0.05) is 50.0 Å². The largest absolute Gasteiger partial charge is 0.493 e. The van der Waals surface area contributed by atoms with Crippen LogP contribution in [0, 0.1) is 5.82 Å². The van der Waals surface area contributed by atoms with Crippen LogP contribution >= 0.6 is 11.6 Å². The van der Waals surface area contributed by atoms with Crippen molar-refractivity contribution in [1.29, 1.82) is 0 Å². The molecule has 1 fully saturated rings. The Hall–Kier alpha value is -2.02. The average molecular weight is 422 g/mol. The van der Waals surface area contributed by atoms with E-state index >= 15 is 0 Å². The molecule has 0 saturated carbocycles. The van der Waals surface area contributed by atoms with Crippen LogP contribution in [0.5, 0.6) is 17.2 Å². The molecule has 2 aromatic rings. The number of nitrogens with zero attached hydrogens (tertiary/aromatic N) is 1. The Morgan fingerprint density at radius 3 is 2.76 bits per heavy atom. The summed E-state index contributed by atoms with van der Waals surface area (Å²) in [6, 6.07) is 9.88. The number of aliphatic hydroxyl groups is 1. The molecule has 1 atom stereocenters. The molecule has 1 N–H and O–H groups in total. The summed E-state index contributed by atoms with van der Waals surface area (Å²) in [6.07, 6.45) is 2.03. The molecule has 4 rings (SSSR count). The van der Waals surface area contributed by atoms with Crippen LogP contribution in [0.1, 0.15) is 18.4 Å². The van der Waals surface area contributed by atoms with Gasteiger partial charge in [0.1, 0.15) is 29.9 Å². The monoisotopic (exact) mass is 421 g/mol. The summed E-state index contributed by atoms with van der Waals surface area (Å²) in [6.45, 7) is 2.32. The quantitative estimate of drug-likeness (QED) is 0.770. The SMILES string of the molecule is COc1cc(F)ccc1OC[C@@H](O)CN1CCC2(CC1)Cc1cc(Cl)ccc1O2. The summed E-state index contributed by atoms with van der Waals surface area (Å²) < 4.78 is 30.3. The van der Waals surface area contributed by atoms with E-state index in [1.54, 1.807) is 0 Å². The Bertz CT molecular complexity index is 870. The van der Waals surface area contributed by atoms with Crippen molar-refractivity contribution in [3.8, 4) is 17.2 Å². The summed E-state index contributed by atoms with van der Waals surface area (Å²) in [5.41, 5.74) is 1.01. The van der Waals surface area contributed by atoms with Crippen molar-refractivity contribution in [2.24, 2.45) is 0 Å². The Labute approximate surface area is 174 Å². The minimum absolute atomic E-state index is 0.115. The van der Waals surface area contributed by atoms with Gasteiger partial charge in [-0.05, 0) is 35.9 Å². The first-order valence-corrected chi connectivity index (χ1v) is 10.2. The highest BCUT2D eigenvalue weighted by Gasteiger charge is 2.42. The highest BCUT2D eigenvalue weighted by Crippen LogP contribution is 2.42. The minimum atomic E-state index is -0.653. The second kappa shape index (κ2) is 8.38. The summed E-state index contributed by atoms with van der Waals surface area (Å²) in [7, 11) is 1.46. The number of fused-ring (bicyclic) bond motifs is 1. The van der Waals surface area contributed by atoms with Gasteiger partial charge in [-0.1, -0.05) is 11.6 Å². The van der Waals surface area contributed by atoms with Crippen molar-refractivity contribution in [3.63, 3.8) is 0 Å². The normalized spacial score (nSPS) is 18.9. The molecular weight excluding hydrogens is 397 g/mol. The fraction of sp³-hybridized carbons (Fsp3) is 0.455. The van der Waals surface area contributed by atoms with Gasteiger partial charge in [0.05, 0.1) is 7.11 Å². The number of hydrogen-bond donors (Lipinski definition) is 1. The molecule has 0 aliphatic carbocycles. The Morgan fingerprint density at radius 2 is 2.00 bits per heavy atom. The van der Waals surface area contributed by atoms with Crippen LogP contribution in [-0.4, -0.2) is 55.1 Å². The highest BCUT2D eigenvalue weighted by atomic mass is 35.5. The third-order valence-electron chi connectivity index (χ3n) is 5.65. The lowest BCUT2D eigenvalue weighted by molar-refractivity contribution is -0.00211. The highest BCUT2D eigenvalue weighted by molar-refractivity contribution is 6.30. The number of methoxy groups -OCH3 is 1. The van der Waals surface area contributed by atoms with Crippen molar-refractivity contribution in [1.82, 2.24) is 4.90 Å². The van der Waals surface area contributed by atoms with E-state index in [-0.39, 0.29) is 12.2 Å².